The van der Waals surface area contributed by atoms with Crippen LogP contribution in [0.3, 0.4) is 0 Å². The quantitative estimate of drug-likeness (QED) is 0.373. The number of benzene rings is 1. The highest BCUT2D eigenvalue weighted by molar-refractivity contribution is 5.90. The van der Waals surface area contributed by atoms with Gasteiger partial charge in [-0.05, 0) is 24.5 Å². The maximum absolute atomic E-state index is 11.6. The Morgan fingerprint density at radius 2 is 2.07 bits per heavy atom. The summed E-state index contributed by atoms with van der Waals surface area (Å²) >= 11 is 0. The van der Waals surface area contributed by atoms with E-state index in [1.807, 2.05) is 35.2 Å². The summed E-state index contributed by atoms with van der Waals surface area (Å²) in [5.41, 5.74) is 3.12. The molecule has 0 aliphatic carbocycles. The molecule has 27 heavy (non-hydrogen) atoms. The van der Waals surface area contributed by atoms with E-state index in [4.69, 9.17) is 5.21 Å². The van der Waals surface area contributed by atoms with Crippen molar-refractivity contribution < 1.29 is 19.9 Å². The minimum atomic E-state index is -0.842. The second-order valence-electron chi connectivity index (χ2n) is 6.41. The number of hydrogen-bond donors (Lipinski definition) is 3. The van der Waals surface area contributed by atoms with Crippen molar-refractivity contribution in [3.8, 4) is 0 Å². The van der Waals surface area contributed by atoms with Crippen LogP contribution in [0.5, 0.6) is 0 Å². The molecule has 0 radical (unpaired) electrons. The third kappa shape index (κ3) is 4.78. The zero-order chi connectivity index (χ0) is 19.2. The van der Waals surface area contributed by atoms with Gasteiger partial charge in [0.25, 0.3) is 5.91 Å². The van der Waals surface area contributed by atoms with Crippen molar-refractivity contribution in [1.29, 1.82) is 0 Å². The molecule has 1 aromatic carbocycles. The lowest BCUT2D eigenvalue weighted by Crippen LogP contribution is -2.37. The fourth-order valence-electron chi connectivity index (χ4n) is 3.24. The molecule has 1 amide bonds. The molecule has 2 atom stereocenters. The molecule has 1 fully saturated rings. The Kier molecular flexibility index (Phi) is 5.94. The molecule has 3 N–H and O–H groups in total. The fourth-order valence-corrected chi connectivity index (χ4v) is 3.24. The van der Waals surface area contributed by atoms with Gasteiger partial charge in [0.2, 0.25) is 0 Å². The number of aromatic nitrogens is 3. The van der Waals surface area contributed by atoms with Gasteiger partial charge in [0, 0.05) is 19.2 Å². The van der Waals surface area contributed by atoms with E-state index in [0.29, 0.717) is 25.2 Å². The Hall–Kier alpha value is -3.04. The average molecular weight is 371 g/mol. The van der Waals surface area contributed by atoms with E-state index in [9.17, 15) is 14.7 Å². The molecule has 1 aliphatic rings. The Labute approximate surface area is 155 Å². The number of nitrogens with one attached hydrogen (secondary N) is 1. The van der Waals surface area contributed by atoms with Crippen LogP contribution < -0.4 is 5.48 Å². The van der Waals surface area contributed by atoms with E-state index < -0.39 is 17.9 Å². The summed E-state index contributed by atoms with van der Waals surface area (Å²) in [6, 6.07) is 9.28. The number of aliphatic carboxylic acids is 1. The van der Waals surface area contributed by atoms with Gasteiger partial charge < -0.3 is 5.11 Å². The predicted molar refractivity (Wildman–Crippen MR) is 95.8 cm³/mol. The number of amides is 1. The monoisotopic (exact) mass is 371 g/mol. The summed E-state index contributed by atoms with van der Waals surface area (Å²) in [7, 11) is 0. The lowest BCUT2D eigenvalue weighted by molar-refractivity contribution is -0.142. The minimum absolute atomic E-state index is 0.108. The van der Waals surface area contributed by atoms with Gasteiger partial charge in [-0.2, -0.15) is 0 Å². The Bertz CT molecular complexity index is 820. The number of carbonyl (C=O) groups is 2. The number of carbonyl (C=O) groups excluding carboxylic acids is 1. The van der Waals surface area contributed by atoms with Crippen LogP contribution in [-0.2, 0) is 16.0 Å². The molecule has 0 saturated carbocycles. The number of carboxylic acids is 1. The molecule has 1 aromatic heterocycles. The SMILES string of the molecule is O=C(/C=C/c1cn([C@@H]2C[C@H](C(=O)O)N(CCc3ccccc3)C2)nn1)NO. The highest BCUT2D eigenvalue weighted by Gasteiger charge is 2.37. The van der Waals surface area contributed by atoms with Crippen molar-refractivity contribution in [2.45, 2.75) is 24.9 Å². The topological polar surface area (TPSA) is 121 Å². The third-order valence-electron chi connectivity index (χ3n) is 4.61. The molecule has 142 valence electrons. The molecule has 9 heteroatoms. The van der Waals surface area contributed by atoms with E-state index in [-0.39, 0.29) is 6.04 Å². The molecule has 0 spiro atoms. The van der Waals surface area contributed by atoms with Crippen LogP contribution >= 0.6 is 0 Å². The first-order valence-corrected chi connectivity index (χ1v) is 8.61. The first-order valence-electron chi connectivity index (χ1n) is 8.61. The minimum Gasteiger partial charge on any atom is -0.480 e. The van der Waals surface area contributed by atoms with Crippen molar-refractivity contribution in [2.24, 2.45) is 0 Å². The van der Waals surface area contributed by atoms with Crippen LogP contribution in [0.1, 0.15) is 23.7 Å². The Balaban J connectivity index is 1.65. The standard InChI is InChI=1S/C18H21N5O4/c24-17(20-27)7-6-14-11-23(21-19-14)15-10-16(18(25)26)22(12-15)9-8-13-4-2-1-3-5-13/h1-7,11,15-16,27H,8-10,12H2,(H,20,24)(H,25,26)/b7-6+/t15-,16-/m1/s1. The predicted octanol–water partition coefficient (Wildman–Crippen LogP) is 0.739. The molecule has 9 nitrogen and oxygen atoms in total. The number of nitrogens with zero attached hydrogens (tertiary/aromatic N) is 4. The van der Waals surface area contributed by atoms with E-state index in [2.05, 4.69) is 10.3 Å². The van der Waals surface area contributed by atoms with Gasteiger partial charge in [-0.1, -0.05) is 35.5 Å². The van der Waals surface area contributed by atoms with Gasteiger partial charge in [-0.25, -0.2) is 10.2 Å². The van der Waals surface area contributed by atoms with Gasteiger partial charge in [-0.3, -0.25) is 19.7 Å². The first-order chi connectivity index (χ1) is 13.1. The lowest BCUT2D eigenvalue weighted by atomic mass is 10.1. The number of likely N-dealkylation sites (tertiary alicyclic amines) is 1. The van der Waals surface area contributed by atoms with Crippen molar-refractivity contribution in [1.82, 2.24) is 25.4 Å². The summed E-state index contributed by atoms with van der Waals surface area (Å²) in [5.74, 6) is -1.51. The average Bonchev–Trinajstić information content (AvgIpc) is 3.32. The van der Waals surface area contributed by atoms with Gasteiger partial charge >= 0.3 is 5.97 Å². The summed E-state index contributed by atoms with van der Waals surface area (Å²) in [6.07, 6.45) is 5.43. The Morgan fingerprint density at radius 1 is 1.30 bits per heavy atom. The van der Waals surface area contributed by atoms with Gasteiger partial charge in [0.15, 0.2) is 0 Å². The van der Waals surface area contributed by atoms with Crippen LogP contribution in [-0.4, -0.2) is 61.2 Å². The number of carboxylic acid groups (broad SMARTS) is 1. The summed E-state index contributed by atoms with van der Waals surface area (Å²) in [5, 5.41) is 26.0. The largest absolute Gasteiger partial charge is 0.480 e. The van der Waals surface area contributed by atoms with E-state index in [0.717, 1.165) is 12.5 Å². The number of rotatable bonds is 7. The molecule has 3 rings (SSSR count). The lowest BCUT2D eigenvalue weighted by Gasteiger charge is -2.20. The zero-order valence-corrected chi connectivity index (χ0v) is 14.6. The molecular weight excluding hydrogens is 350 g/mol. The zero-order valence-electron chi connectivity index (χ0n) is 14.6. The molecular formula is C18H21N5O4. The summed E-state index contributed by atoms with van der Waals surface area (Å²) in [4.78, 5) is 24.6. The Morgan fingerprint density at radius 3 is 2.78 bits per heavy atom. The van der Waals surface area contributed by atoms with Gasteiger partial charge in [0.05, 0.1) is 12.2 Å². The number of hydrogen-bond acceptors (Lipinski definition) is 6. The van der Waals surface area contributed by atoms with E-state index in [1.165, 1.54) is 17.1 Å². The van der Waals surface area contributed by atoms with E-state index in [1.54, 1.807) is 10.9 Å². The van der Waals surface area contributed by atoms with Crippen molar-refractivity contribution in [3.63, 3.8) is 0 Å². The highest BCUT2D eigenvalue weighted by Crippen LogP contribution is 2.27. The van der Waals surface area contributed by atoms with Crippen LogP contribution in [0.4, 0.5) is 0 Å². The van der Waals surface area contributed by atoms with E-state index >= 15 is 0 Å². The molecule has 0 unspecified atom stereocenters. The smallest absolute Gasteiger partial charge is 0.321 e. The van der Waals surface area contributed by atoms with Gasteiger partial charge in [-0.15, -0.1) is 5.10 Å². The molecule has 1 aliphatic heterocycles. The van der Waals surface area contributed by atoms with Crippen LogP contribution in [0.2, 0.25) is 0 Å². The highest BCUT2D eigenvalue weighted by atomic mass is 16.5. The second kappa shape index (κ2) is 8.56. The van der Waals surface area contributed by atoms with Crippen molar-refractivity contribution in [3.05, 3.63) is 53.9 Å². The van der Waals surface area contributed by atoms with Crippen LogP contribution in [0.15, 0.2) is 42.6 Å². The fraction of sp³-hybridized carbons (Fsp3) is 0.333. The maximum Gasteiger partial charge on any atom is 0.321 e. The maximum atomic E-state index is 11.6. The first kappa shape index (κ1) is 18.7. The molecule has 2 aromatic rings. The third-order valence-corrected chi connectivity index (χ3v) is 4.61. The van der Waals surface area contributed by atoms with Crippen molar-refractivity contribution >= 4 is 18.0 Å². The summed E-state index contributed by atoms with van der Waals surface area (Å²) < 4.78 is 1.63. The van der Waals surface area contributed by atoms with Crippen LogP contribution in [0.25, 0.3) is 6.08 Å². The molecule has 0 bridgehead atoms. The number of hydroxylamine groups is 1. The van der Waals surface area contributed by atoms with Gasteiger partial charge in [0.1, 0.15) is 11.7 Å². The summed E-state index contributed by atoms with van der Waals surface area (Å²) in [6.45, 7) is 1.21. The normalized spacial score (nSPS) is 20.2. The second-order valence-corrected chi connectivity index (χ2v) is 6.41. The van der Waals surface area contributed by atoms with Crippen molar-refractivity contribution in [2.75, 3.05) is 13.1 Å². The molecule has 1 saturated heterocycles. The molecule has 2 heterocycles. The van der Waals surface area contributed by atoms with Crippen LogP contribution in [0, 0.1) is 0 Å².